The third-order valence-corrected chi connectivity index (χ3v) is 4.08. The SMILES string of the molecule is CCOCCNC(=NC)NCc1cccnc1N1CCN(C)CC1. The molecule has 0 unspecified atom stereocenters. The molecule has 134 valence electrons. The highest BCUT2D eigenvalue weighted by Crippen LogP contribution is 2.18. The smallest absolute Gasteiger partial charge is 0.191 e. The van der Waals surface area contributed by atoms with Crippen LogP contribution < -0.4 is 15.5 Å². The summed E-state index contributed by atoms with van der Waals surface area (Å²) in [5.41, 5.74) is 1.19. The van der Waals surface area contributed by atoms with Gasteiger partial charge < -0.3 is 25.2 Å². The van der Waals surface area contributed by atoms with Crippen molar-refractivity contribution in [3.05, 3.63) is 23.9 Å². The molecule has 0 saturated carbocycles. The summed E-state index contributed by atoms with van der Waals surface area (Å²) in [5.74, 6) is 1.85. The van der Waals surface area contributed by atoms with Gasteiger partial charge in [0.2, 0.25) is 0 Å². The Bertz CT molecular complexity index is 514. The van der Waals surface area contributed by atoms with Gasteiger partial charge in [0.25, 0.3) is 0 Å². The highest BCUT2D eigenvalue weighted by molar-refractivity contribution is 5.79. The van der Waals surface area contributed by atoms with E-state index in [0.29, 0.717) is 13.2 Å². The molecule has 1 saturated heterocycles. The topological polar surface area (TPSA) is 65.0 Å². The molecular weight excluding hydrogens is 304 g/mol. The molecule has 7 heteroatoms. The highest BCUT2D eigenvalue weighted by atomic mass is 16.5. The number of pyridine rings is 1. The lowest BCUT2D eigenvalue weighted by Crippen LogP contribution is -2.45. The summed E-state index contributed by atoms with van der Waals surface area (Å²) < 4.78 is 5.33. The van der Waals surface area contributed by atoms with Gasteiger partial charge in [-0.15, -0.1) is 0 Å². The number of likely N-dealkylation sites (N-methyl/N-ethyl adjacent to an activating group) is 1. The maximum Gasteiger partial charge on any atom is 0.191 e. The summed E-state index contributed by atoms with van der Waals surface area (Å²) in [6.45, 7) is 9.03. The summed E-state index contributed by atoms with van der Waals surface area (Å²) in [5, 5.41) is 6.61. The van der Waals surface area contributed by atoms with Crippen LogP contribution in [-0.2, 0) is 11.3 Å². The molecule has 2 heterocycles. The molecule has 0 spiro atoms. The van der Waals surface area contributed by atoms with E-state index < -0.39 is 0 Å². The minimum absolute atomic E-state index is 0.677. The van der Waals surface area contributed by atoms with Crippen molar-refractivity contribution in [1.29, 1.82) is 0 Å². The van der Waals surface area contributed by atoms with Gasteiger partial charge >= 0.3 is 0 Å². The number of aliphatic imine (C=N–C) groups is 1. The van der Waals surface area contributed by atoms with E-state index in [1.54, 1.807) is 7.05 Å². The Labute approximate surface area is 145 Å². The molecule has 0 aromatic carbocycles. The standard InChI is InChI=1S/C17H30N6O/c1-4-24-13-8-20-17(18-2)21-14-15-6-5-7-19-16(15)23-11-9-22(3)10-12-23/h5-7H,4,8-14H2,1-3H3,(H2,18,20,21). The van der Waals surface area contributed by atoms with E-state index in [0.717, 1.165) is 51.1 Å². The first-order valence-corrected chi connectivity index (χ1v) is 8.64. The van der Waals surface area contributed by atoms with Crippen LogP contribution in [0.4, 0.5) is 5.82 Å². The molecule has 1 aliphatic rings. The molecular formula is C17H30N6O. The fourth-order valence-electron chi connectivity index (χ4n) is 2.66. The number of hydrogen-bond donors (Lipinski definition) is 2. The van der Waals surface area contributed by atoms with E-state index >= 15 is 0 Å². The molecule has 0 radical (unpaired) electrons. The molecule has 0 bridgehead atoms. The van der Waals surface area contributed by atoms with Crippen molar-refractivity contribution >= 4 is 11.8 Å². The van der Waals surface area contributed by atoms with Crippen LogP contribution in [0.15, 0.2) is 23.3 Å². The lowest BCUT2D eigenvalue weighted by Gasteiger charge is -2.34. The zero-order valence-electron chi connectivity index (χ0n) is 15.1. The molecule has 1 aromatic rings. The summed E-state index contributed by atoms with van der Waals surface area (Å²) in [4.78, 5) is 13.6. The average molecular weight is 334 g/mol. The van der Waals surface area contributed by atoms with Crippen molar-refractivity contribution < 1.29 is 4.74 Å². The second-order valence-electron chi connectivity index (χ2n) is 5.83. The fraction of sp³-hybridized carbons (Fsp3) is 0.647. The highest BCUT2D eigenvalue weighted by Gasteiger charge is 2.17. The van der Waals surface area contributed by atoms with Gasteiger partial charge in [-0.2, -0.15) is 0 Å². The zero-order chi connectivity index (χ0) is 17.2. The normalized spacial score (nSPS) is 16.3. The van der Waals surface area contributed by atoms with Gasteiger partial charge in [-0.05, 0) is 20.0 Å². The Morgan fingerprint density at radius 3 is 2.79 bits per heavy atom. The minimum atomic E-state index is 0.677. The predicted octanol–water partition coefficient (Wildman–Crippen LogP) is 0.535. The van der Waals surface area contributed by atoms with Gasteiger partial charge in [0.05, 0.1) is 6.61 Å². The number of ether oxygens (including phenoxy) is 1. The van der Waals surface area contributed by atoms with E-state index in [9.17, 15) is 0 Å². The fourth-order valence-corrected chi connectivity index (χ4v) is 2.66. The van der Waals surface area contributed by atoms with Crippen LogP contribution in [0, 0.1) is 0 Å². The van der Waals surface area contributed by atoms with Gasteiger partial charge in [0, 0.05) is 64.7 Å². The maximum atomic E-state index is 5.33. The molecule has 1 aromatic heterocycles. The van der Waals surface area contributed by atoms with E-state index in [-0.39, 0.29) is 0 Å². The Morgan fingerprint density at radius 1 is 1.29 bits per heavy atom. The lowest BCUT2D eigenvalue weighted by molar-refractivity contribution is 0.152. The number of piperazine rings is 1. The van der Waals surface area contributed by atoms with Crippen LogP contribution in [-0.4, -0.2) is 75.9 Å². The quantitative estimate of drug-likeness (QED) is 0.431. The van der Waals surface area contributed by atoms with Crippen molar-refractivity contribution in [3.63, 3.8) is 0 Å². The van der Waals surface area contributed by atoms with Gasteiger partial charge in [-0.3, -0.25) is 4.99 Å². The molecule has 7 nitrogen and oxygen atoms in total. The summed E-state index contributed by atoms with van der Waals surface area (Å²) in [6.07, 6.45) is 1.87. The summed E-state index contributed by atoms with van der Waals surface area (Å²) >= 11 is 0. The van der Waals surface area contributed by atoms with Gasteiger partial charge in [-0.1, -0.05) is 6.07 Å². The first kappa shape index (κ1) is 18.5. The molecule has 0 atom stereocenters. The Hall–Kier alpha value is -1.86. The number of hydrogen-bond acceptors (Lipinski definition) is 5. The molecule has 0 amide bonds. The number of nitrogens with zero attached hydrogens (tertiary/aromatic N) is 4. The van der Waals surface area contributed by atoms with E-state index in [1.807, 2.05) is 19.2 Å². The van der Waals surface area contributed by atoms with Crippen LogP contribution in [0.5, 0.6) is 0 Å². The van der Waals surface area contributed by atoms with Crippen molar-refractivity contribution in [3.8, 4) is 0 Å². The van der Waals surface area contributed by atoms with Gasteiger partial charge in [0.1, 0.15) is 5.82 Å². The van der Waals surface area contributed by atoms with Crippen LogP contribution in [0.25, 0.3) is 0 Å². The molecule has 1 aliphatic heterocycles. The van der Waals surface area contributed by atoms with Crippen LogP contribution in [0.3, 0.4) is 0 Å². The summed E-state index contributed by atoms with van der Waals surface area (Å²) in [6, 6.07) is 4.11. The Morgan fingerprint density at radius 2 is 2.08 bits per heavy atom. The minimum Gasteiger partial charge on any atom is -0.380 e. The molecule has 2 rings (SSSR count). The number of anilines is 1. The molecule has 24 heavy (non-hydrogen) atoms. The molecule has 1 fully saturated rings. The second kappa shape index (κ2) is 10.1. The predicted molar refractivity (Wildman–Crippen MR) is 98.6 cm³/mol. The average Bonchev–Trinajstić information content (AvgIpc) is 2.62. The number of rotatable bonds is 7. The first-order chi connectivity index (χ1) is 11.7. The van der Waals surface area contributed by atoms with Crippen LogP contribution in [0.2, 0.25) is 0 Å². The van der Waals surface area contributed by atoms with Crippen LogP contribution in [0.1, 0.15) is 12.5 Å². The van der Waals surface area contributed by atoms with Crippen molar-refractivity contribution in [2.45, 2.75) is 13.5 Å². The number of nitrogens with one attached hydrogen (secondary N) is 2. The maximum absolute atomic E-state index is 5.33. The molecule has 0 aliphatic carbocycles. The first-order valence-electron chi connectivity index (χ1n) is 8.64. The monoisotopic (exact) mass is 334 g/mol. The summed E-state index contributed by atoms with van der Waals surface area (Å²) in [7, 11) is 3.94. The number of aromatic nitrogens is 1. The largest absolute Gasteiger partial charge is 0.380 e. The number of guanidine groups is 1. The third kappa shape index (κ3) is 5.65. The van der Waals surface area contributed by atoms with Crippen LogP contribution >= 0.6 is 0 Å². The van der Waals surface area contributed by atoms with Crippen molar-refractivity contribution in [1.82, 2.24) is 20.5 Å². The van der Waals surface area contributed by atoms with Crippen molar-refractivity contribution in [2.24, 2.45) is 4.99 Å². The van der Waals surface area contributed by atoms with E-state index in [2.05, 4.69) is 43.5 Å². The van der Waals surface area contributed by atoms with Gasteiger partial charge in [0.15, 0.2) is 5.96 Å². The van der Waals surface area contributed by atoms with E-state index in [4.69, 9.17) is 4.74 Å². The third-order valence-electron chi connectivity index (χ3n) is 4.08. The van der Waals surface area contributed by atoms with E-state index in [1.165, 1.54) is 5.56 Å². The Balaban J connectivity index is 1.90. The van der Waals surface area contributed by atoms with Crippen molar-refractivity contribution in [2.75, 3.05) is 64.9 Å². The Kier molecular flexibility index (Phi) is 7.77. The zero-order valence-corrected chi connectivity index (χ0v) is 15.1. The van der Waals surface area contributed by atoms with Gasteiger partial charge in [-0.25, -0.2) is 4.98 Å². The lowest BCUT2D eigenvalue weighted by atomic mass is 10.2. The second-order valence-corrected chi connectivity index (χ2v) is 5.83. The molecule has 2 N–H and O–H groups in total.